The fourth-order valence-corrected chi connectivity index (χ4v) is 2.86. The van der Waals surface area contributed by atoms with E-state index in [4.69, 9.17) is 0 Å². The molecular formula is C18H19NO. The van der Waals surface area contributed by atoms with Crippen molar-refractivity contribution in [3.05, 3.63) is 65.0 Å². The number of hydrogen-bond donors (Lipinski definition) is 0. The Hall–Kier alpha value is -1.96. The van der Waals surface area contributed by atoms with Crippen molar-refractivity contribution in [1.29, 1.82) is 0 Å². The molecule has 0 amide bonds. The van der Waals surface area contributed by atoms with E-state index in [1.165, 1.54) is 30.4 Å². The minimum absolute atomic E-state index is 0.238. The summed E-state index contributed by atoms with van der Waals surface area (Å²) < 4.78 is 0. The molecule has 0 saturated heterocycles. The van der Waals surface area contributed by atoms with Gasteiger partial charge in [-0.3, -0.25) is 9.78 Å². The van der Waals surface area contributed by atoms with Crippen molar-refractivity contribution in [3.63, 3.8) is 0 Å². The molecule has 0 radical (unpaired) electrons. The number of carbonyl (C=O) groups excluding carboxylic acids is 1. The Morgan fingerprint density at radius 3 is 2.75 bits per heavy atom. The highest BCUT2D eigenvalue weighted by molar-refractivity contribution is 5.96. The van der Waals surface area contributed by atoms with Crippen molar-refractivity contribution in [2.75, 3.05) is 0 Å². The van der Waals surface area contributed by atoms with Crippen LogP contribution in [0.4, 0.5) is 0 Å². The van der Waals surface area contributed by atoms with Crippen molar-refractivity contribution in [1.82, 2.24) is 4.98 Å². The minimum Gasteiger partial charge on any atom is -0.294 e. The first-order valence-corrected chi connectivity index (χ1v) is 7.37. The molecule has 2 aromatic rings. The molecule has 1 aliphatic rings. The highest BCUT2D eigenvalue weighted by Crippen LogP contribution is 2.23. The molecule has 2 heteroatoms. The van der Waals surface area contributed by atoms with E-state index in [0.717, 1.165) is 24.0 Å². The van der Waals surface area contributed by atoms with E-state index in [-0.39, 0.29) is 5.78 Å². The standard InChI is InChI=1S/C18H19NO/c20-18(10-7-14-4-3-11-19-13-14)17-9-8-15-5-1-2-6-16(15)12-17/h3-4,8-9,11-13H,1-2,5-7,10H2. The number of aryl methyl sites for hydroxylation is 3. The molecule has 0 spiro atoms. The number of carbonyl (C=O) groups is 1. The van der Waals surface area contributed by atoms with Crippen LogP contribution < -0.4 is 0 Å². The normalized spacial score (nSPS) is 13.8. The number of fused-ring (bicyclic) bond motifs is 1. The Labute approximate surface area is 119 Å². The van der Waals surface area contributed by atoms with E-state index >= 15 is 0 Å². The predicted molar refractivity (Wildman–Crippen MR) is 80.0 cm³/mol. The van der Waals surface area contributed by atoms with Crippen molar-refractivity contribution < 1.29 is 4.79 Å². The van der Waals surface area contributed by atoms with Crippen LogP contribution in [0.2, 0.25) is 0 Å². The fourth-order valence-electron chi connectivity index (χ4n) is 2.86. The van der Waals surface area contributed by atoms with E-state index in [9.17, 15) is 4.79 Å². The lowest BCUT2D eigenvalue weighted by molar-refractivity contribution is 0.0982. The molecule has 1 aromatic heterocycles. The van der Waals surface area contributed by atoms with Gasteiger partial charge < -0.3 is 0 Å². The Bertz CT molecular complexity index is 604. The predicted octanol–water partition coefficient (Wildman–Crippen LogP) is 3.78. The molecule has 0 fully saturated rings. The second-order valence-electron chi connectivity index (χ2n) is 5.48. The molecule has 0 aliphatic heterocycles. The van der Waals surface area contributed by atoms with Gasteiger partial charge in [0, 0.05) is 24.4 Å². The first kappa shape index (κ1) is 13.0. The number of hydrogen-bond acceptors (Lipinski definition) is 2. The van der Waals surface area contributed by atoms with Crippen LogP contribution in [-0.2, 0) is 19.3 Å². The maximum absolute atomic E-state index is 12.3. The van der Waals surface area contributed by atoms with Gasteiger partial charge in [0.05, 0.1) is 0 Å². The number of aromatic nitrogens is 1. The van der Waals surface area contributed by atoms with Gasteiger partial charge in [-0.15, -0.1) is 0 Å². The summed E-state index contributed by atoms with van der Waals surface area (Å²) in [7, 11) is 0. The van der Waals surface area contributed by atoms with Gasteiger partial charge in [0.2, 0.25) is 0 Å². The van der Waals surface area contributed by atoms with Crippen LogP contribution in [0.5, 0.6) is 0 Å². The number of rotatable bonds is 4. The molecule has 0 atom stereocenters. The zero-order valence-electron chi connectivity index (χ0n) is 11.6. The van der Waals surface area contributed by atoms with Crippen LogP contribution in [0.1, 0.15) is 46.3 Å². The molecule has 0 N–H and O–H groups in total. The largest absolute Gasteiger partial charge is 0.294 e. The first-order chi connectivity index (χ1) is 9.83. The van der Waals surface area contributed by atoms with E-state index in [1.807, 2.05) is 24.4 Å². The van der Waals surface area contributed by atoms with Gasteiger partial charge in [0.1, 0.15) is 0 Å². The second kappa shape index (κ2) is 6.00. The smallest absolute Gasteiger partial charge is 0.163 e. The van der Waals surface area contributed by atoms with Crippen LogP contribution in [0, 0.1) is 0 Å². The molecule has 1 aromatic carbocycles. The summed E-state index contributed by atoms with van der Waals surface area (Å²) in [5.74, 6) is 0.238. The molecule has 0 unspecified atom stereocenters. The molecular weight excluding hydrogens is 246 g/mol. The summed E-state index contributed by atoms with van der Waals surface area (Å²) in [5, 5.41) is 0. The van der Waals surface area contributed by atoms with Gasteiger partial charge in [-0.05, 0) is 60.9 Å². The molecule has 20 heavy (non-hydrogen) atoms. The second-order valence-corrected chi connectivity index (χ2v) is 5.48. The summed E-state index contributed by atoms with van der Waals surface area (Å²) in [6.07, 6.45) is 9.74. The van der Waals surface area contributed by atoms with Gasteiger partial charge in [-0.1, -0.05) is 18.2 Å². The van der Waals surface area contributed by atoms with E-state index in [0.29, 0.717) is 6.42 Å². The summed E-state index contributed by atoms with van der Waals surface area (Å²) in [6, 6.07) is 10.2. The summed E-state index contributed by atoms with van der Waals surface area (Å²) in [6.45, 7) is 0. The number of pyridine rings is 1. The topological polar surface area (TPSA) is 30.0 Å². The quantitative estimate of drug-likeness (QED) is 0.787. The Balaban J connectivity index is 1.68. The average Bonchev–Trinajstić information content (AvgIpc) is 2.53. The molecule has 2 nitrogen and oxygen atoms in total. The van der Waals surface area contributed by atoms with Gasteiger partial charge in [-0.25, -0.2) is 0 Å². The van der Waals surface area contributed by atoms with Crippen molar-refractivity contribution in [2.45, 2.75) is 38.5 Å². The zero-order valence-corrected chi connectivity index (χ0v) is 11.6. The zero-order chi connectivity index (χ0) is 13.8. The monoisotopic (exact) mass is 265 g/mol. The van der Waals surface area contributed by atoms with E-state index < -0.39 is 0 Å². The lowest BCUT2D eigenvalue weighted by Gasteiger charge is -2.16. The highest BCUT2D eigenvalue weighted by Gasteiger charge is 2.12. The lowest BCUT2D eigenvalue weighted by Crippen LogP contribution is -2.07. The van der Waals surface area contributed by atoms with Crippen molar-refractivity contribution in [2.24, 2.45) is 0 Å². The van der Waals surface area contributed by atoms with Gasteiger partial charge >= 0.3 is 0 Å². The maximum atomic E-state index is 12.3. The lowest BCUT2D eigenvalue weighted by atomic mass is 9.89. The van der Waals surface area contributed by atoms with Gasteiger partial charge in [0.25, 0.3) is 0 Å². The Kier molecular flexibility index (Phi) is 3.91. The van der Waals surface area contributed by atoms with Crippen LogP contribution in [0.3, 0.4) is 0 Å². The number of nitrogens with zero attached hydrogens (tertiary/aromatic N) is 1. The first-order valence-electron chi connectivity index (χ1n) is 7.37. The molecule has 1 heterocycles. The van der Waals surface area contributed by atoms with Crippen LogP contribution in [0.25, 0.3) is 0 Å². The number of Topliss-reactive ketones (excluding diaryl/α,β-unsaturated/α-hetero) is 1. The molecule has 3 rings (SSSR count). The Morgan fingerprint density at radius 2 is 1.95 bits per heavy atom. The van der Waals surface area contributed by atoms with E-state index in [1.54, 1.807) is 6.20 Å². The summed E-state index contributed by atoms with van der Waals surface area (Å²) >= 11 is 0. The highest BCUT2D eigenvalue weighted by atomic mass is 16.1. The van der Waals surface area contributed by atoms with Crippen LogP contribution in [-0.4, -0.2) is 10.8 Å². The average molecular weight is 265 g/mol. The third-order valence-electron chi connectivity index (χ3n) is 4.03. The summed E-state index contributed by atoms with van der Waals surface area (Å²) in [4.78, 5) is 16.4. The molecule has 0 bridgehead atoms. The van der Waals surface area contributed by atoms with Crippen molar-refractivity contribution >= 4 is 5.78 Å². The van der Waals surface area contributed by atoms with Crippen LogP contribution >= 0.6 is 0 Å². The van der Waals surface area contributed by atoms with E-state index in [2.05, 4.69) is 17.1 Å². The third-order valence-corrected chi connectivity index (χ3v) is 4.03. The molecule has 1 aliphatic carbocycles. The number of ketones is 1. The van der Waals surface area contributed by atoms with Gasteiger partial charge in [0.15, 0.2) is 5.78 Å². The SMILES string of the molecule is O=C(CCc1cccnc1)c1ccc2c(c1)CCCC2. The third kappa shape index (κ3) is 2.96. The minimum atomic E-state index is 0.238. The molecule has 0 saturated carbocycles. The summed E-state index contributed by atoms with van der Waals surface area (Å²) in [5.41, 5.74) is 4.80. The Morgan fingerprint density at radius 1 is 1.10 bits per heavy atom. The molecule has 102 valence electrons. The maximum Gasteiger partial charge on any atom is 0.163 e. The number of benzene rings is 1. The van der Waals surface area contributed by atoms with Gasteiger partial charge in [-0.2, -0.15) is 0 Å². The van der Waals surface area contributed by atoms with Crippen LogP contribution in [0.15, 0.2) is 42.7 Å². The fraction of sp³-hybridized carbons (Fsp3) is 0.333. The van der Waals surface area contributed by atoms with Crippen molar-refractivity contribution in [3.8, 4) is 0 Å².